The molecule has 1 unspecified atom stereocenters. The number of aryl methyl sites for hydroxylation is 2. The van der Waals surface area contributed by atoms with Crippen LogP contribution in [-0.2, 0) is 11.2 Å². The number of rotatable bonds is 5. The molecule has 110 valence electrons. The van der Waals surface area contributed by atoms with Gasteiger partial charge in [0.15, 0.2) is 0 Å². The molecule has 0 fully saturated rings. The van der Waals surface area contributed by atoms with Crippen LogP contribution in [0.25, 0.3) is 0 Å². The Morgan fingerprint density at radius 3 is 2.48 bits per heavy atom. The first kappa shape index (κ1) is 15.8. The zero-order valence-corrected chi connectivity index (χ0v) is 14.0. The first-order valence-electron chi connectivity index (χ1n) is 7.15. The molecule has 0 aliphatic heterocycles. The summed E-state index contributed by atoms with van der Waals surface area (Å²) in [4.78, 5) is 12.1. The van der Waals surface area contributed by atoms with E-state index in [2.05, 4.69) is 52.4 Å². The summed E-state index contributed by atoms with van der Waals surface area (Å²) in [6.45, 7) is 4.07. The van der Waals surface area contributed by atoms with Gasteiger partial charge in [0.05, 0.1) is 6.04 Å². The normalized spacial score (nSPS) is 12.0. The molecule has 2 aromatic rings. The van der Waals surface area contributed by atoms with E-state index in [1.165, 1.54) is 11.1 Å². The Kier molecular flexibility index (Phi) is 5.57. The van der Waals surface area contributed by atoms with E-state index in [0.29, 0.717) is 6.42 Å². The van der Waals surface area contributed by atoms with Gasteiger partial charge in [0.25, 0.3) is 0 Å². The molecule has 0 heterocycles. The van der Waals surface area contributed by atoms with E-state index in [0.717, 1.165) is 16.5 Å². The highest BCUT2D eigenvalue weighted by Crippen LogP contribution is 2.22. The lowest BCUT2D eigenvalue weighted by Crippen LogP contribution is -2.27. The second-order valence-electron chi connectivity index (χ2n) is 5.30. The maximum Gasteiger partial charge on any atom is 0.220 e. The minimum Gasteiger partial charge on any atom is -0.350 e. The predicted molar refractivity (Wildman–Crippen MR) is 90.2 cm³/mol. The third-order valence-electron chi connectivity index (χ3n) is 3.51. The van der Waals surface area contributed by atoms with Crippen LogP contribution in [-0.4, -0.2) is 5.91 Å². The molecule has 0 radical (unpaired) electrons. The highest BCUT2D eigenvalue weighted by molar-refractivity contribution is 9.10. The van der Waals surface area contributed by atoms with E-state index in [-0.39, 0.29) is 11.9 Å². The molecule has 0 aromatic heterocycles. The Bertz CT molecular complexity index is 607. The van der Waals surface area contributed by atoms with E-state index >= 15 is 0 Å². The predicted octanol–water partition coefficient (Wildman–Crippen LogP) is 4.57. The lowest BCUT2D eigenvalue weighted by atomic mass is 10.1. The van der Waals surface area contributed by atoms with Crippen LogP contribution in [0, 0.1) is 6.92 Å². The van der Waals surface area contributed by atoms with Gasteiger partial charge in [-0.2, -0.15) is 0 Å². The van der Waals surface area contributed by atoms with Gasteiger partial charge in [-0.3, -0.25) is 4.79 Å². The number of carbonyl (C=O) groups excluding carboxylic acids is 1. The van der Waals surface area contributed by atoms with Gasteiger partial charge in [0, 0.05) is 10.9 Å². The third kappa shape index (κ3) is 4.71. The second-order valence-corrected chi connectivity index (χ2v) is 6.15. The Morgan fingerprint density at radius 2 is 1.81 bits per heavy atom. The van der Waals surface area contributed by atoms with E-state index in [9.17, 15) is 4.79 Å². The Morgan fingerprint density at radius 1 is 1.14 bits per heavy atom. The summed E-state index contributed by atoms with van der Waals surface area (Å²) in [5, 5.41) is 3.05. The molecule has 1 atom stereocenters. The number of hydrogen-bond acceptors (Lipinski definition) is 1. The summed E-state index contributed by atoms with van der Waals surface area (Å²) in [5.41, 5.74) is 3.54. The quantitative estimate of drug-likeness (QED) is 0.844. The molecule has 0 bridgehead atoms. The van der Waals surface area contributed by atoms with Gasteiger partial charge < -0.3 is 5.32 Å². The van der Waals surface area contributed by atoms with Crippen LogP contribution in [0.5, 0.6) is 0 Å². The van der Waals surface area contributed by atoms with Crippen molar-refractivity contribution in [2.75, 3.05) is 0 Å². The molecule has 0 spiro atoms. The first-order valence-corrected chi connectivity index (χ1v) is 7.95. The van der Waals surface area contributed by atoms with Gasteiger partial charge in [0.1, 0.15) is 0 Å². The fourth-order valence-electron chi connectivity index (χ4n) is 2.23. The van der Waals surface area contributed by atoms with Crippen LogP contribution in [0.2, 0.25) is 0 Å². The number of amides is 1. The van der Waals surface area contributed by atoms with Gasteiger partial charge in [0.2, 0.25) is 5.91 Å². The van der Waals surface area contributed by atoms with Crippen LogP contribution >= 0.6 is 15.9 Å². The lowest BCUT2D eigenvalue weighted by Gasteiger charge is -2.15. The van der Waals surface area contributed by atoms with Gasteiger partial charge in [-0.25, -0.2) is 0 Å². The Hall–Kier alpha value is -1.61. The van der Waals surface area contributed by atoms with Crippen LogP contribution in [0.1, 0.15) is 36.1 Å². The van der Waals surface area contributed by atoms with E-state index in [1.807, 2.05) is 31.2 Å². The van der Waals surface area contributed by atoms with Crippen molar-refractivity contribution in [1.82, 2.24) is 5.32 Å². The number of halogens is 1. The molecule has 1 amide bonds. The highest BCUT2D eigenvalue weighted by Gasteiger charge is 2.11. The average Bonchev–Trinajstić information content (AvgIpc) is 2.47. The summed E-state index contributed by atoms with van der Waals surface area (Å²) in [5.74, 6) is 0.0822. The van der Waals surface area contributed by atoms with Crippen molar-refractivity contribution < 1.29 is 4.79 Å². The molecule has 2 aromatic carbocycles. The Balaban J connectivity index is 1.87. The summed E-state index contributed by atoms with van der Waals surface area (Å²) in [6.07, 6.45) is 1.28. The molecule has 0 saturated carbocycles. The maximum absolute atomic E-state index is 12.1. The monoisotopic (exact) mass is 345 g/mol. The van der Waals surface area contributed by atoms with E-state index in [1.54, 1.807) is 0 Å². The van der Waals surface area contributed by atoms with Crippen molar-refractivity contribution >= 4 is 21.8 Å². The second kappa shape index (κ2) is 7.41. The topological polar surface area (TPSA) is 29.1 Å². The Labute approximate surface area is 134 Å². The van der Waals surface area contributed by atoms with Crippen molar-refractivity contribution in [2.24, 2.45) is 0 Å². The van der Waals surface area contributed by atoms with Crippen LogP contribution < -0.4 is 5.32 Å². The fourth-order valence-corrected chi connectivity index (χ4v) is 2.86. The average molecular weight is 346 g/mol. The SMILES string of the molecule is Cc1ccc(CCC(=O)NC(C)c2ccccc2Br)cc1. The molecule has 1 N–H and O–H groups in total. The smallest absolute Gasteiger partial charge is 0.220 e. The summed E-state index contributed by atoms with van der Waals surface area (Å²) >= 11 is 3.52. The number of hydrogen-bond donors (Lipinski definition) is 1. The van der Waals surface area contributed by atoms with Crippen LogP contribution in [0.4, 0.5) is 0 Å². The summed E-state index contributed by atoms with van der Waals surface area (Å²) in [7, 11) is 0. The van der Waals surface area contributed by atoms with Crippen molar-refractivity contribution in [3.05, 3.63) is 69.7 Å². The van der Waals surface area contributed by atoms with Crippen LogP contribution in [0.15, 0.2) is 53.0 Å². The van der Waals surface area contributed by atoms with Crippen molar-refractivity contribution in [3.63, 3.8) is 0 Å². The lowest BCUT2D eigenvalue weighted by molar-refractivity contribution is -0.121. The standard InChI is InChI=1S/C18H20BrNO/c1-13-7-9-15(10-8-13)11-12-18(21)20-14(2)16-5-3-4-6-17(16)19/h3-10,14H,11-12H2,1-2H3,(H,20,21). The van der Waals surface area contributed by atoms with E-state index < -0.39 is 0 Å². The van der Waals surface area contributed by atoms with Crippen molar-refractivity contribution in [2.45, 2.75) is 32.7 Å². The van der Waals surface area contributed by atoms with Crippen molar-refractivity contribution in [1.29, 1.82) is 0 Å². The van der Waals surface area contributed by atoms with Crippen molar-refractivity contribution in [3.8, 4) is 0 Å². The zero-order chi connectivity index (χ0) is 15.2. The van der Waals surface area contributed by atoms with E-state index in [4.69, 9.17) is 0 Å². The zero-order valence-electron chi connectivity index (χ0n) is 12.4. The molecular weight excluding hydrogens is 326 g/mol. The molecule has 21 heavy (non-hydrogen) atoms. The maximum atomic E-state index is 12.1. The minimum atomic E-state index is 0.00564. The largest absolute Gasteiger partial charge is 0.350 e. The summed E-state index contributed by atoms with van der Waals surface area (Å²) < 4.78 is 1.02. The van der Waals surface area contributed by atoms with Gasteiger partial charge in [-0.1, -0.05) is 64.0 Å². The molecule has 0 aliphatic carbocycles. The molecule has 2 nitrogen and oxygen atoms in total. The number of benzene rings is 2. The molecule has 2 rings (SSSR count). The molecular formula is C18H20BrNO. The first-order chi connectivity index (χ1) is 10.1. The van der Waals surface area contributed by atoms with Gasteiger partial charge in [-0.15, -0.1) is 0 Å². The number of carbonyl (C=O) groups is 1. The summed E-state index contributed by atoms with van der Waals surface area (Å²) in [6, 6.07) is 16.3. The van der Waals surface area contributed by atoms with Gasteiger partial charge >= 0.3 is 0 Å². The molecule has 0 saturated heterocycles. The molecule has 3 heteroatoms. The third-order valence-corrected chi connectivity index (χ3v) is 4.23. The van der Waals surface area contributed by atoms with Crippen LogP contribution in [0.3, 0.4) is 0 Å². The fraction of sp³-hybridized carbons (Fsp3) is 0.278. The number of nitrogens with one attached hydrogen (secondary N) is 1. The minimum absolute atomic E-state index is 0.00564. The highest BCUT2D eigenvalue weighted by atomic mass is 79.9. The molecule has 0 aliphatic rings. The van der Waals surface area contributed by atoms with Gasteiger partial charge in [-0.05, 0) is 37.5 Å².